The van der Waals surface area contributed by atoms with Gasteiger partial charge in [-0.15, -0.1) is 11.8 Å². The number of thioether (sulfide) groups is 2. The molecule has 1 spiro atoms. The number of anilines is 1. The highest BCUT2D eigenvalue weighted by Crippen LogP contribution is 2.66. The summed E-state index contributed by atoms with van der Waals surface area (Å²) in [5.41, 5.74) is 10.0. The van der Waals surface area contributed by atoms with Crippen molar-refractivity contribution in [2.45, 2.75) is 41.1 Å². The second-order valence-corrected chi connectivity index (χ2v) is 12.4. The average Bonchev–Trinajstić information content (AvgIpc) is 3.52. The maximum Gasteiger partial charge on any atom is 0.320 e. The number of aliphatic imine (C=N–C) groups is 1. The first kappa shape index (κ1) is 24.0. The fraction of sp³-hybridized carbons (Fsp3) is 0.320. The Bertz CT molecular complexity index is 1780. The predicted octanol–water partition coefficient (Wildman–Crippen LogP) is -2.54. The van der Waals surface area contributed by atoms with E-state index in [1.54, 1.807) is 28.7 Å². The van der Waals surface area contributed by atoms with Gasteiger partial charge in [0, 0.05) is 37.1 Å². The highest BCUT2D eigenvalue weighted by atomic mass is 35.5. The first-order chi connectivity index (χ1) is 17.8. The number of carboxylic acid groups (broad SMARTS) is 1. The van der Waals surface area contributed by atoms with Gasteiger partial charge in [-0.1, -0.05) is 11.8 Å². The fourth-order valence-corrected chi connectivity index (χ4v) is 9.54. The van der Waals surface area contributed by atoms with E-state index in [9.17, 15) is 19.8 Å². The van der Waals surface area contributed by atoms with Crippen LogP contribution < -0.4 is 38.6 Å². The SMILES string of the molecule is Cn1cnc(SC2=C3C(=O)C=C4SC5C[C@]42c2c(c(O)c4c6c2=[N+]3CCC=6C=N4)N5)c1CC(N)C(=O)O.[Cl-]. The summed E-state index contributed by atoms with van der Waals surface area (Å²) in [4.78, 5) is 36.3. The van der Waals surface area contributed by atoms with Gasteiger partial charge in [0.05, 0.1) is 44.2 Å². The van der Waals surface area contributed by atoms with E-state index in [-0.39, 0.29) is 35.7 Å². The lowest BCUT2D eigenvalue weighted by atomic mass is 9.68. The van der Waals surface area contributed by atoms with E-state index in [2.05, 4.69) is 19.9 Å². The summed E-state index contributed by atoms with van der Waals surface area (Å²) in [7, 11) is 1.82. The molecule has 3 atom stereocenters. The molecular formula is C25H21ClN6O4S2. The van der Waals surface area contributed by atoms with Gasteiger partial charge in [-0.2, -0.15) is 4.58 Å². The second-order valence-electron chi connectivity index (χ2n) is 10.1. The molecule has 13 heteroatoms. The number of ketones is 1. The largest absolute Gasteiger partial charge is 1.00 e. The zero-order chi connectivity index (χ0) is 25.4. The maximum atomic E-state index is 13.8. The third-order valence-electron chi connectivity index (χ3n) is 8.20. The number of aromatic nitrogens is 2. The number of aromatic hydroxyl groups is 1. The number of aliphatic carboxylic acids is 1. The van der Waals surface area contributed by atoms with Gasteiger partial charge in [0.1, 0.15) is 16.8 Å². The van der Waals surface area contributed by atoms with Crippen molar-refractivity contribution < 1.29 is 32.2 Å². The summed E-state index contributed by atoms with van der Waals surface area (Å²) in [5.74, 6) is -0.962. The lowest BCUT2D eigenvalue weighted by Crippen LogP contribution is -3.00. The number of phenols is 1. The molecule has 2 aromatic rings. The summed E-state index contributed by atoms with van der Waals surface area (Å²) in [6, 6.07) is -1.06. The predicted molar refractivity (Wildman–Crippen MR) is 139 cm³/mol. The maximum absolute atomic E-state index is 13.8. The van der Waals surface area contributed by atoms with E-state index in [0.29, 0.717) is 40.8 Å². The van der Waals surface area contributed by atoms with E-state index in [4.69, 9.17) is 5.73 Å². The minimum Gasteiger partial charge on any atom is -1.00 e. The van der Waals surface area contributed by atoms with Crippen LogP contribution >= 0.6 is 23.5 Å². The van der Waals surface area contributed by atoms with Gasteiger partial charge in [-0.05, 0) is 12.0 Å². The summed E-state index contributed by atoms with van der Waals surface area (Å²) in [6.45, 7) is 0.630. The van der Waals surface area contributed by atoms with Crippen molar-refractivity contribution in [2.75, 3.05) is 11.9 Å². The molecule has 194 valence electrons. The van der Waals surface area contributed by atoms with Gasteiger partial charge in [0.15, 0.2) is 12.3 Å². The number of carboxylic acids is 1. The number of rotatable bonds is 5. The molecule has 0 radical (unpaired) electrons. The molecule has 0 saturated carbocycles. The monoisotopic (exact) mass is 568 g/mol. The second kappa shape index (κ2) is 7.75. The van der Waals surface area contributed by atoms with Crippen LogP contribution in [0.15, 0.2) is 37.9 Å². The van der Waals surface area contributed by atoms with Crippen molar-refractivity contribution >= 4 is 58.4 Å². The Labute approximate surface area is 230 Å². The van der Waals surface area contributed by atoms with Gasteiger partial charge in [0.25, 0.3) is 11.5 Å². The Kier molecular flexibility index (Phi) is 4.90. The van der Waals surface area contributed by atoms with Crippen LogP contribution in [-0.4, -0.2) is 55.7 Å². The van der Waals surface area contributed by atoms with Crippen LogP contribution in [0, 0.1) is 0 Å². The van der Waals surface area contributed by atoms with Crippen LogP contribution in [0.4, 0.5) is 11.4 Å². The summed E-state index contributed by atoms with van der Waals surface area (Å²) >= 11 is 3.07. The number of fused-ring (bicyclic) bond motifs is 2. The number of hydrogen-bond acceptors (Lipinski definition) is 9. The Balaban J connectivity index is 0.00000242. The number of allylic oxidation sites excluding steroid dienone is 3. The van der Waals surface area contributed by atoms with Crippen molar-refractivity contribution in [1.82, 2.24) is 14.1 Å². The van der Waals surface area contributed by atoms with Crippen LogP contribution in [0.25, 0.3) is 5.57 Å². The van der Waals surface area contributed by atoms with Gasteiger partial charge in [-0.3, -0.25) is 14.6 Å². The standard InChI is InChI=1S/C25H20N6O4S2.ClH/c1-30-8-28-23(11(30)4-10(26)24(34)35)37-22-19-12(32)5-13-25(22)6-14(36-13)29-18-16(25)20-15-9(2-3-31(19)20)7-27-17(15)21(18)33;/h5,7-8,10,14H,2-4,6,26H2,1H3,(H2,27,29,33,34,35);1H/t10?,14?,25-;/m1./s1. The molecule has 5 N–H and O–H groups in total. The van der Waals surface area contributed by atoms with Gasteiger partial charge in [0.2, 0.25) is 5.36 Å². The first-order valence-corrected chi connectivity index (χ1v) is 13.7. The summed E-state index contributed by atoms with van der Waals surface area (Å²) < 4.78 is 3.90. The van der Waals surface area contributed by atoms with Gasteiger partial charge < -0.3 is 38.2 Å². The number of nitrogens with one attached hydrogen (secondary N) is 1. The smallest absolute Gasteiger partial charge is 0.320 e. The fourth-order valence-electron chi connectivity index (χ4n) is 6.58. The van der Waals surface area contributed by atoms with Crippen LogP contribution in [0.5, 0.6) is 5.75 Å². The Morgan fingerprint density at radius 3 is 3.08 bits per heavy atom. The molecule has 1 aliphatic carbocycles. The lowest BCUT2D eigenvalue weighted by molar-refractivity contribution is -0.138. The lowest BCUT2D eigenvalue weighted by Gasteiger charge is -2.41. The van der Waals surface area contributed by atoms with E-state index in [1.165, 1.54) is 11.8 Å². The zero-order valence-corrected chi connectivity index (χ0v) is 22.4. The van der Waals surface area contributed by atoms with Crippen molar-refractivity contribution in [3.05, 3.63) is 49.7 Å². The molecule has 6 heterocycles. The van der Waals surface area contributed by atoms with Crippen molar-refractivity contribution in [3.8, 4) is 5.75 Å². The Hall–Kier alpha value is -3.06. The number of aryl methyl sites for hydroxylation is 1. The van der Waals surface area contributed by atoms with E-state index < -0.39 is 17.4 Å². The molecule has 6 aliphatic rings. The average molecular weight is 569 g/mol. The minimum atomic E-state index is -1.08. The molecule has 2 unspecified atom stereocenters. The number of benzene rings is 1. The molecule has 1 aromatic carbocycles. The highest BCUT2D eigenvalue weighted by molar-refractivity contribution is 8.05. The van der Waals surface area contributed by atoms with E-state index >= 15 is 0 Å². The first-order valence-electron chi connectivity index (χ1n) is 12.0. The van der Waals surface area contributed by atoms with E-state index in [1.807, 2.05) is 13.3 Å². The molecule has 5 aliphatic heterocycles. The number of nitrogens with zero attached hydrogens (tertiary/aromatic N) is 4. The minimum absolute atomic E-state index is 0. The number of hydrogen-bond donors (Lipinski definition) is 4. The molecule has 0 amide bonds. The number of halogens is 1. The van der Waals surface area contributed by atoms with Crippen LogP contribution in [0.1, 0.15) is 24.1 Å². The van der Waals surface area contributed by atoms with Crippen LogP contribution in [-0.2, 0) is 28.5 Å². The number of nitrogens with two attached hydrogens (primary N) is 1. The van der Waals surface area contributed by atoms with Crippen LogP contribution in [0.2, 0.25) is 0 Å². The summed E-state index contributed by atoms with van der Waals surface area (Å²) in [6.07, 6.45) is 6.84. The van der Waals surface area contributed by atoms with Gasteiger partial charge in [-0.25, -0.2) is 4.98 Å². The highest BCUT2D eigenvalue weighted by Gasteiger charge is 2.63. The van der Waals surface area contributed by atoms with Crippen LogP contribution in [0.3, 0.4) is 0 Å². The molecule has 1 saturated heterocycles. The van der Waals surface area contributed by atoms with Crippen molar-refractivity contribution in [2.24, 2.45) is 17.8 Å². The Morgan fingerprint density at radius 2 is 2.29 bits per heavy atom. The summed E-state index contributed by atoms with van der Waals surface area (Å²) in [5, 5.41) is 26.9. The van der Waals surface area contributed by atoms with Crippen molar-refractivity contribution in [3.63, 3.8) is 0 Å². The zero-order valence-electron chi connectivity index (χ0n) is 20.0. The number of phenolic OH excluding ortho intramolecular Hbond substituents is 1. The Morgan fingerprint density at radius 1 is 1.47 bits per heavy atom. The van der Waals surface area contributed by atoms with E-state index in [0.717, 1.165) is 37.9 Å². The molecule has 8 rings (SSSR count). The third kappa shape index (κ3) is 2.73. The molecule has 1 fully saturated rings. The molecule has 10 nitrogen and oxygen atoms in total. The molecule has 3 bridgehead atoms. The molecular weight excluding hydrogens is 548 g/mol. The molecule has 38 heavy (non-hydrogen) atoms. The topological polar surface area (TPSA) is 146 Å². The quantitative estimate of drug-likeness (QED) is 0.226. The number of imidazole rings is 1. The number of carbonyl (C=O) groups excluding carboxylic acids is 1. The third-order valence-corrected chi connectivity index (χ3v) is 10.8. The van der Waals surface area contributed by atoms with Gasteiger partial charge >= 0.3 is 5.97 Å². The molecule has 1 aromatic heterocycles. The number of carbonyl (C=O) groups is 2. The normalized spacial score (nSPS) is 25.4. The van der Waals surface area contributed by atoms with Crippen molar-refractivity contribution in [1.29, 1.82) is 0 Å².